The minimum absolute atomic E-state index is 0.345. The first-order chi connectivity index (χ1) is 9.22. The largest absolute Gasteiger partial charge is 0.494 e. The molecule has 0 bridgehead atoms. The second-order valence-corrected chi connectivity index (χ2v) is 4.93. The third-order valence-electron chi connectivity index (χ3n) is 2.63. The second kappa shape index (κ2) is 6.24. The highest BCUT2D eigenvalue weighted by Crippen LogP contribution is 2.26. The molecule has 2 N–H and O–H groups in total. The number of ether oxygens (including phenoxy) is 2. The van der Waals surface area contributed by atoms with E-state index in [4.69, 9.17) is 15.2 Å². The van der Waals surface area contributed by atoms with Gasteiger partial charge in [-0.3, -0.25) is 0 Å². The lowest BCUT2D eigenvalue weighted by Crippen LogP contribution is -2.10. The summed E-state index contributed by atoms with van der Waals surface area (Å²) in [5.74, 6) is -0.0515. The Morgan fingerprint density at radius 3 is 2.84 bits per heavy atom. The van der Waals surface area contributed by atoms with Gasteiger partial charge in [0.15, 0.2) is 5.75 Å². The SMILES string of the molecule is COc1c(N)cccc1C(=O)OCCc1cccs1. The maximum atomic E-state index is 12.0. The Labute approximate surface area is 115 Å². The average molecular weight is 277 g/mol. The fraction of sp³-hybridized carbons (Fsp3) is 0.214. The highest BCUT2D eigenvalue weighted by atomic mass is 32.1. The Bertz CT molecular complexity index is 552. The van der Waals surface area contributed by atoms with Crippen molar-refractivity contribution in [2.45, 2.75) is 6.42 Å². The number of thiophene rings is 1. The summed E-state index contributed by atoms with van der Waals surface area (Å²) < 4.78 is 10.4. The van der Waals surface area contributed by atoms with E-state index in [0.29, 0.717) is 30.0 Å². The molecule has 0 saturated heterocycles. The molecule has 0 saturated carbocycles. The molecule has 0 aliphatic rings. The van der Waals surface area contributed by atoms with Crippen LogP contribution in [0.5, 0.6) is 5.75 Å². The molecule has 0 aliphatic heterocycles. The van der Waals surface area contributed by atoms with E-state index in [1.54, 1.807) is 29.5 Å². The fourth-order valence-corrected chi connectivity index (χ4v) is 2.41. The third-order valence-corrected chi connectivity index (χ3v) is 3.57. The topological polar surface area (TPSA) is 61.5 Å². The van der Waals surface area contributed by atoms with Gasteiger partial charge in [-0.15, -0.1) is 11.3 Å². The van der Waals surface area contributed by atoms with Crippen LogP contribution < -0.4 is 10.5 Å². The quantitative estimate of drug-likeness (QED) is 0.674. The van der Waals surface area contributed by atoms with Crippen molar-refractivity contribution in [2.24, 2.45) is 0 Å². The Morgan fingerprint density at radius 2 is 2.16 bits per heavy atom. The first-order valence-electron chi connectivity index (χ1n) is 5.84. The van der Waals surface area contributed by atoms with E-state index in [9.17, 15) is 4.79 Å². The molecule has 0 unspecified atom stereocenters. The maximum Gasteiger partial charge on any atom is 0.342 e. The number of para-hydroxylation sites is 1. The van der Waals surface area contributed by atoms with Crippen LogP contribution in [0.15, 0.2) is 35.7 Å². The third kappa shape index (κ3) is 3.26. The lowest BCUT2D eigenvalue weighted by Gasteiger charge is -2.10. The highest BCUT2D eigenvalue weighted by molar-refractivity contribution is 7.09. The number of benzene rings is 1. The van der Waals surface area contributed by atoms with Crippen LogP contribution >= 0.6 is 11.3 Å². The average Bonchev–Trinajstić information content (AvgIpc) is 2.91. The van der Waals surface area contributed by atoms with Gasteiger partial charge in [-0.25, -0.2) is 4.79 Å². The summed E-state index contributed by atoms with van der Waals surface area (Å²) >= 11 is 1.64. The van der Waals surface area contributed by atoms with Gasteiger partial charge in [0.2, 0.25) is 0 Å². The second-order valence-electron chi connectivity index (χ2n) is 3.89. The van der Waals surface area contributed by atoms with E-state index in [1.807, 2.05) is 17.5 Å². The van der Waals surface area contributed by atoms with Crippen molar-refractivity contribution in [1.29, 1.82) is 0 Å². The zero-order chi connectivity index (χ0) is 13.7. The van der Waals surface area contributed by atoms with Gasteiger partial charge in [0, 0.05) is 11.3 Å². The number of nitrogen functional groups attached to an aromatic ring is 1. The number of nitrogens with two attached hydrogens (primary N) is 1. The molecule has 1 aromatic heterocycles. The maximum absolute atomic E-state index is 12.0. The normalized spacial score (nSPS) is 10.2. The molecule has 0 fully saturated rings. The summed E-state index contributed by atoms with van der Waals surface area (Å²) in [6.07, 6.45) is 0.716. The standard InChI is InChI=1S/C14H15NO3S/c1-17-13-11(5-2-6-12(13)15)14(16)18-8-7-10-4-3-9-19-10/h2-6,9H,7-8,15H2,1H3. The molecule has 100 valence electrons. The monoisotopic (exact) mass is 277 g/mol. The number of anilines is 1. The minimum atomic E-state index is -0.416. The van der Waals surface area contributed by atoms with Crippen LogP contribution in [0.4, 0.5) is 5.69 Å². The van der Waals surface area contributed by atoms with Gasteiger partial charge < -0.3 is 15.2 Å². The predicted octanol–water partition coefficient (Wildman–Crippen LogP) is 2.74. The Hall–Kier alpha value is -2.01. The molecule has 0 spiro atoms. The van der Waals surface area contributed by atoms with Gasteiger partial charge in [-0.2, -0.15) is 0 Å². The first-order valence-corrected chi connectivity index (χ1v) is 6.72. The van der Waals surface area contributed by atoms with Gasteiger partial charge >= 0.3 is 5.97 Å². The predicted molar refractivity (Wildman–Crippen MR) is 75.7 cm³/mol. The van der Waals surface area contributed by atoms with Gasteiger partial charge in [0.05, 0.1) is 19.4 Å². The molecule has 2 aromatic rings. The zero-order valence-electron chi connectivity index (χ0n) is 10.6. The summed E-state index contributed by atoms with van der Waals surface area (Å²) in [4.78, 5) is 13.1. The summed E-state index contributed by atoms with van der Waals surface area (Å²) in [7, 11) is 1.48. The molecule has 0 radical (unpaired) electrons. The van der Waals surface area contributed by atoms with E-state index in [0.717, 1.165) is 0 Å². The molecule has 0 aliphatic carbocycles. The Kier molecular flexibility index (Phi) is 4.41. The van der Waals surface area contributed by atoms with Crippen LogP contribution in [0.25, 0.3) is 0 Å². The van der Waals surface area contributed by atoms with Crippen molar-refractivity contribution in [2.75, 3.05) is 19.5 Å². The minimum Gasteiger partial charge on any atom is -0.494 e. The number of carbonyl (C=O) groups excluding carboxylic acids is 1. The van der Waals surface area contributed by atoms with E-state index in [1.165, 1.54) is 12.0 Å². The molecule has 5 heteroatoms. The lowest BCUT2D eigenvalue weighted by molar-refractivity contribution is 0.0506. The molecule has 0 atom stereocenters. The molecular formula is C14H15NO3S. The van der Waals surface area contributed by atoms with Gasteiger partial charge in [0.25, 0.3) is 0 Å². The lowest BCUT2D eigenvalue weighted by atomic mass is 10.2. The molecule has 4 nitrogen and oxygen atoms in total. The van der Waals surface area contributed by atoms with Gasteiger partial charge in [-0.05, 0) is 23.6 Å². The van der Waals surface area contributed by atoms with Crippen LogP contribution in [0.3, 0.4) is 0 Å². The van der Waals surface area contributed by atoms with Crippen molar-refractivity contribution in [1.82, 2.24) is 0 Å². The van der Waals surface area contributed by atoms with Crippen LogP contribution in [0, 0.1) is 0 Å². The van der Waals surface area contributed by atoms with Crippen LogP contribution in [0.2, 0.25) is 0 Å². The molecule has 1 heterocycles. The van der Waals surface area contributed by atoms with Crippen molar-refractivity contribution in [3.8, 4) is 5.75 Å². The number of carbonyl (C=O) groups is 1. The van der Waals surface area contributed by atoms with E-state index in [-0.39, 0.29) is 0 Å². The zero-order valence-corrected chi connectivity index (χ0v) is 11.4. The smallest absolute Gasteiger partial charge is 0.342 e. The molecule has 19 heavy (non-hydrogen) atoms. The van der Waals surface area contributed by atoms with Crippen LogP contribution in [-0.2, 0) is 11.2 Å². The summed E-state index contributed by atoms with van der Waals surface area (Å²) in [6.45, 7) is 0.345. The number of hydrogen-bond acceptors (Lipinski definition) is 5. The van der Waals surface area contributed by atoms with Crippen LogP contribution in [0.1, 0.15) is 15.2 Å². The molecule has 0 amide bonds. The van der Waals surface area contributed by atoms with Gasteiger partial charge in [0.1, 0.15) is 5.56 Å². The fourth-order valence-electron chi connectivity index (χ4n) is 1.72. The van der Waals surface area contributed by atoms with E-state index in [2.05, 4.69) is 0 Å². The van der Waals surface area contributed by atoms with E-state index < -0.39 is 5.97 Å². The van der Waals surface area contributed by atoms with E-state index >= 15 is 0 Å². The first kappa shape index (κ1) is 13.4. The number of rotatable bonds is 5. The van der Waals surface area contributed by atoms with Crippen LogP contribution in [-0.4, -0.2) is 19.7 Å². The summed E-state index contributed by atoms with van der Waals surface area (Å²) in [6, 6.07) is 9.01. The van der Waals surface area contributed by atoms with Crippen molar-refractivity contribution < 1.29 is 14.3 Å². The summed E-state index contributed by atoms with van der Waals surface area (Å²) in [5, 5.41) is 2.00. The number of methoxy groups -OCH3 is 1. The summed E-state index contributed by atoms with van der Waals surface area (Å²) in [5.41, 5.74) is 6.53. The molecule has 1 aromatic carbocycles. The Morgan fingerprint density at radius 1 is 1.32 bits per heavy atom. The Balaban J connectivity index is 1.98. The van der Waals surface area contributed by atoms with Crippen molar-refractivity contribution >= 4 is 23.0 Å². The number of esters is 1. The number of hydrogen-bond donors (Lipinski definition) is 1. The molecular weight excluding hydrogens is 262 g/mol. The molecule has 2 rings (SSSR count). The van der Waals surface area contributed by atoms with Gasteiger partial charge in [-0.1, -0.05) is 12.1 Å². The van der Waals surface area contributed by atoms with Crippen molar-refractivity contribution in [3.05, 3.63) is 46.2 Å². The van der Waals surface area contributed by atoms with Crippen molar-refractivity contribution in [3.63, 3.8) is 0 Å². The highest BCUT2D eigenvalue weighted by Gasteiger charge is 2.15.